The highest BCUT2D eigenvalue weighted by molar-refractivity contribution is 5.81. The van der Waals surface area contributed by atoms with Crippen LogP contribution in [0.1, 0.15) is 52.4 Å². The van der Waals surface area contributed by atoms with Gasteiger partial charge in [0.1, 0.15) is 0 Å². The molecule has 0 aromatic carbocycles. The topological polar surface area (TPSA) is 44.4 Å². The van der Waals surface area contributed by atoms with Crippen molar-refractivity contribution in [2.24, 2.45) is 0 Å². The van der Waals surface area contributed by atoms with E-state index < -0.39 is 0 Å². The molecule has 0 spiro atoms. The molecule has 0 radical (unpaired) electrons. The Kier molecular flexibility index (Phi) is 7.39. The van der Waals surface area contributed by atoms with Gasteiger partial charge >= 0.3 is 0 Å². The Balaban J connectivity index is 2.35. The van der Waals surface area contributed by atoms with E-state index >= 15 is 0 Å². The molecule has 0 saturated heterocycles. The van der Waals surface area contributed by atoms with Crippen molar-refractivity contribution in [3.05, 3.63) is 0 Å². The fourth-order valence-electron chi connectivity index (χ4n) is 2.81. The van der Waals surface area contributed by atoms with Gasteiger partial charge in [0.05, 0.1) is 6.04 Å². The van der Waals surface area contributed by atoms with Gasteiger partial charge < -0.3 is 10.6 Å². The molecule has 4 nitrogen and oxygen atoms in total. The number of rotatable bonds is 7. The van der Waals surface area contributed by atoms with E-state index in [9.17, 15) is 4.79 Å². The number of unbranched alkanes of at least 4 members (excludes halogenated alkanes) is 1. The summed E-state index contributed by atoms with van der Waals surface area (Å²) >= 11 is 0. The summed E-state index contributed by atoms with van der Waals surface area (Å²) < 4.78 is 0. The van der Waals surface area contributed by atoms with Crippen LogP contribution in [0.25, 0.3) is 0 Å². The number of nitrogens with one attached hydrogen (secondary N) is 2. The van der Waals surface area contributed by atoms with Gasteiger partial charge in [-0.1, -0.05) is 13.3 Å². The van der Waals surface area contributed by atoms with Crippen LogP contribution in [0, 0.1) is 0 Å². The molecule has 1 amide bonds. The Morgan fingerprint density at radius 1 is 1.32 bits per heavy atom. The third-order valence-electron chi connectivity index (χ3n) is 4.50. The van der Waals surface area contributed by atoms with Gasteiger partial charge in [-0.05, 0) is 53.1 Å². The minimum atomic E-state index is -0.0204. The first-order valence-electron chi connectivity index (χ1n) is 7.77. The van der Waals surface area contributed by atoms with Crippen LogP contribution in [0.4, 0.5) is 0 Å². The van der Waals surface area contributed by atoms with Gasteiger partial charge in [0.2, 0.25) is 5.91 Å². The van der Waals surface area contributed by atoms with Crippen molar-refractivity contribution in [3.8, 4) is 0 Å². The molecule has 1 aliphatic rings. The smallest absolute Gasteiger partial charge is 0.237 e. The zero-order chi connectivity index (χ0) is 14.3. The SMILES string of the molecule is CCCCNC(=O)C(C)N(C)C1CCC(NC)CC1. The maximum absolute atomic E-state index is 12.1. The van der Waals surface area contributed by atoms with Crippen molar-refractivity contribution >= 4 is 5.91 Å². The van der Waals surface area contributed by atoms with E-state index in [0.29, 0.717) is 12.1 Å². The van der Waals surface area contributed by atoms with Crippen LogP contribution in [-0.4, -0.2) is 49.6 Å². The van der Waals surface area contributed by atoms with Gasteiger partial charge in [-0.3, -0.25) is 9.69 Å². The molecular weight excluding hydrogens is 238 g/mol. The van der Waals surface area contributed by atoms with Crippen molar-refractivity contribution in [3.63, 3.8) is 0 Å². The highest BCUT2D eigenvalue weighted by atomic mass is 16.2. The molecular formula is C15H31N3O. The fourth-order valence-corrected chi connectivity index (χ4v) is 2.81. The van der Waals surface area contributed by atoms with Crippen molar-refractivity contribution < 1.29 is 4.79 Å². The molecule has 1 fully saturated rings. The number of amides is 1. The summed E-state index contributed by atoms with van der Waals surface area (Å²) in [6.07, 6.45) is 7.00. The summed E-state index contributed by atoms with van der Waals surface area (Å²) in [5.74, 6) is 0.173. The molecule has 0 bridgehead atoms. The van der Waals surface area contributed by atoms with Crippen molar-refractivity contribution in [2.45, 2.75) is 70.5 Å². The van der Waals surface area contributed by atoms with Gasteiger partial charge in [0, 0.05) is 18.6 Å². The quantitative estimate of drug-likeness (QED) is 0.692. The Morgan fingerprint density at radius 2 is 1.95 bits per heavy atom. The van der Waals surface area contributed by atoms with Gasteiger partial charge in [-0.25, -0.2) is 0 Å². The first kappa shape index (κ1) is 16.4. The minimum absolute atomic E-state index is 0.0204. The lowest BCUT2D eigenvalue weighted by atomic mass is 9.90. The molecule has 2 N–H and O–H groups in total. The van der Waals surface area contributed by atoms with Gasteiger partial charge in [0.25, 0.3) is 0 Å². The maximum atomic E-state index is 12.1. The van der Waals surface area contributed by atoms with Gasteiger partial charge in [-0.2, -0.15) is 0 Å². The van der Waals surface area contributed by atoms with E-state index in [1.807, 2.05) is 14.0 Å². The molecule has 1 atom stereocenters. The lowest BCUT2D eigenvalue weighted by molar-refractivity contribution is -0.126. The zero-order valence-corrected chi connectivity index (χ0v) is 13.0. The molecule has 4 heteroatoms. The first-order valence-corrected chi connectivity index (χ1v) is 7.77. The number of nitrogens with zero attached hydrogens (tertiary/aromatic N) is 1. The molecule has 1 aliphatic carbocycles. The zero-order valence-electron chi connectivity index (χ0n) is 13.0. The van der Waals surface area contributed by atoms with Crippen LogP contribution in [-0.2, 0) is 4.79 Å². The molecule has 1 rings (SSSR count). The highest BCUT2D eigenvalue weighted by Crippen LogP contribution is 2.23. The van der Waals surface area contributed by atoms with Crippen LogP contribution in [0.2, 0.25) is 0 Å². The third-order valence-corrected chi connectivity index (χ3v) is 4.50. The largest absolute Gasteiger partial charge is 0.355 e. The van der Waals surface area contributed by atoms with Crippen LogP contribution in [0.5, 0.6) is 0 Å². The fraction of sp³-hybridized carbons (Fsp3) is 0.933. The molecule has 0 heterocycles. The summed E-state index contributed by atoms with van der Waals surface area (Å²) in [6.45, 7) is 4.97. The standard InChI is InChI=1S/C15H31N3O/c1-5-6-11-17-15(19)12(2)18(4)14-9-7-13(16-3)8-10-14/h12-14,16H,5-11H2,1-4H3,(H,17,19). The molecule has 112 valence electrons. The molecule has 19 heavy (non-hydrogen) atoms. The normalized spacial score (nSPS) is 25.3. The maximum Gasteiger partial charge on any atom is 0.237 e. The summed E-state index contributed by atoms with van der Waals surface area (Å²) in [5.41, 5.74) is 0. The Hall–Kier alpha value is -0.610. The number of hydrogen-bond donors (Lipinski definition) is 2. The van der Waals surface area contributed by atoms with Gasteiger partial charge in [-0.15, -0.1) is 0 Å². The predicted molar refractivity (Wildman–Crippen MR) is 80.2 cm³/mol. The van der Waals surface area contributed by atoms with Crippen LogP contribution in [0.3, 0.4) is 0 Å². The first-order chi connectivity index (χ1) is 9.10. The summed E-state index contributed by atoms with van der Waals surface area (Å²) in [7, 11) is 4.13. The molecule has 1 saturated carbocycles. The van der Waals surface area contributed by atoms with Crippen LogP contribution >= 0.6 is 0 Å². The van der Waals surface area contributed by atoms with Crippen molar-refractivity contribution in [1.82, 2.24) is 15.5 Å². The average molecular weight is 269 g/mol. The van der Waals surface area contributed by atoms with Crippen molar-refractivity contribution in [2.75, 3.05) is 20.6 Å². The second kappa shape index (κ2) is 8.54. The van der Waals surface area contributed by atoms with E-state index in [0.717, 1.165) is 19.4 Å². The summed E-state index contributed by atoms with van der Waals surface area (Å²) in [4.78, 5) is 14.3. The van der Waals surface area contributed by atoms with Gasteiger partial charge in [0.15, 0.2) is 0 Å². The lowest BCUT2D eigenvalue weighted by Crippen LogP contribution is -2.49. The Labute approximate surface area is 118 Å². The molecule has 0 aromatic heterocycles. The molecule has 0 aromatic rings. The minimum Gasteiger partial charge on any atom is -0.355 e. The molecule has 1 unspecified atom stereocenters. The number of carbonyl (C=O) groups excluding carboxylic acids is 1. The van der Waals surface area contributed by atoms with Crippen LogP contribution in [0.15, 0.2) is 0 Å². The summed E-state index contributed by atoms with van der Waals surface area (Å²) in [5, 5.41) is 6.38. The second-order valence-corrected chi connectivity index (χ2v) is 5.78. The predicted octanol–water partition coefficient (Wildman–Crippen LogP) is 1.75. The van der Waals surface area contributed by atoms with E-state index in [2.05, 4.69) is 29.5 Å². The van der Waals surface area contributed by atoms with E-state index in [1.165, 1.54) is 25.7 Å². The number of likely N-dealkylation sites (N-methyl/N-ethyl adjacent to an activating group) is 1. The second-order valence-electron chi connectivity index (χ2n) is 5.78. The highest BCUT2D eigenvalue weighted by Gasteiger charge is 2.28. The lowest BCUT2D eigenvalue weighted by Gasteiger charge is -2.37. The number of carbonyl (C=O) groups is 1. The van der Waals surface area contributed by atoms with Crippen LogP contribution < -0.4 is 10.6 Å². The Morgan fingerprint density at radius 3 is 2.47 bits per heavy atom. The third kappa shape index (κ3) is 5.11. The molecule has 0 aliphatic heterocycles. The van der Waals surface area contributed by atoms with E-state index in [-0.39, 0.29) is 11.9 Å². The van der Waals surface area contributed by atoms with E-state index in [4.69, 9.17) is 0 Å². The Bertz CT molecular complexity index is 262. The number of hydrogen-bond acceptors (Lipinski definition) is 3. The summed E-state index contributed by atoms with van der Waals surface area (Å²) in [6, 6.07) is 1.20. The average Bonchev–Trinajstić information content (AvgIpc) is 2.46. The van der Waals surface area contributed by atoms with Crippen molar-refractivity contribution in [1.29, 1.82) is 0 Å². The van der Waals surface area contributed by atoms with E-state index in [1.54, 1.807) is 0 Å². The monoisotopic (exact) mass is 269 g/mol.